The number of nitrogens with zero attached hydrogens (tertiary/aromatic N) is 1. The maximum Gasteiger partial charge on any atom is 0.185 e. The minimum Gasteiger partial charge on any atom is -0.338 e. The van der Waals surface area contributed by atoms with E-state index in [2.05, 4.69) is 39.7 Å². The number of hydrazine groups is 1. The van der Waals surface area contributed by atoms with Crippen molar-refractivity contribution in [2.75, 3.05) is 7.05 Å². The van der Waals surface area contributed by atoms with Gasteiger partial charge in [0, 0.05) is 17.1 Å². The molecule has 1 aromatic carbocycles. The van der Waals surface area contributed by atoms with Crippen molar-refractivity contribution in [2.24, 2.45) is 0 Å². The molecule has 1 aliphatic rings. The largest absolute Gasteiger partial charge is 0.338 e. The van der Waals surface area contributed by atoms with Crippen LogP contribution in [0.4, 0.5) is 0 Å². The average Bonchev–Trinajstić information content (AvgIpc) is 2.42. The van der Waals surface area contributed by atoms with Crippen molar-refractivity contribution >= 4 is 33.3 Å². The molecule has 1 aliphatic heterocycles. The number of thiocarbonyl (C=S) groups is 1. The summed E-state index contributed by atoms with van der Waals surface area (Å²) in [6.45, 7) is 2.06. The fraction of sp³-hybridized carbons (Fsp3) is 0.300. The smallest absolute Gasteiger partial charge is 0.185 e. The molecule has 5 heteroatoms. The Morgan fingerprint density at radius 2 is 2.07 bits per heavy atom. The Labute approximate surface area is 103 Å². The van der Waals surface area contributed by atoms with Crippen LogP contribution in [0.15, 0.2) is 28.7 Å². The molecule has 2 N–H and O–H groups in total. The van der Waals surface area contributed by atoms with Gasteiger partial charge in [-0.2, -0.15) is 0 Å². The molecule has 0 spiro atoms. The second-order valence-corrected chi connectivity index (χ2v) is 4.95. The highest BCUT2D eigenvalue weighted by Gasteiger charge is 2.36. The Balaban J connectivity index is 2.40. The minimum atomic E-state index is -0.341. The van der Waals surface area contributed by atoms with Gasteiger partial charge in [-0.1, -0.05) is 34.1 Å². The lowest BCUT2D eigenvalue weighted by Crippen LogP contribution is -2.45. The van der Waals surface area contributed by atoms with Gasteiger partial charge in [-0.25, -0.2) is 5.43 Å². The van der Waals surface area contributed by atoms with E-state index in [0.717, 1.165) is 10.0 Å². The lowest BCUT2D eigenvalue weighted by Gasteiger charge is -2.26. The summed E-state index contributed by atoms with van der Waals surface area (Å²) in [7, 11) is 1.90. The highest BCUT2D eigenvalue weighted by Crippen LogP contribution is 2.28. The van der Waals surface area contributed by atoms with Gasteiger partial charge in [0.25, 0.3) is 0 Å². The molecule has 0 bridgehead atoms. The molecule has 1 atom stereocenters. The molecule has 1 fully saturated rings. The molecule has 1 saturated heterocycles. The topological polar surface area (TPSA) is 27.3 Å². The van der Waals surface area contributed by atoms with Gasteiger partial charge >= 0.3 is 0 Å². The van der Waals surface area contributed by atoms with E-state index in [1.165, 1.54) is 0 Å². The van der Waals surface area contributed by atoms with Gasteiger partial charge in [-0.15, -0.1) is 0 Å². The Morgan fingerprint density at radius 3 is 2.60 bits per heavy atom. The summed E-state index contributed by atoms with van der Waals surface area (Å²) in [4.78, 5) is 0. The molecule has 80 valence electrons. The molecule has 0 aromatic heterocycles. The molecule has 0 radical (unpaired) electrons. The quantitative estimate of drug-likeness (QED) is 0.772. The monoisotopic (exact) mass is 285 g/mol. The first-order chi connectivity index (χ1) is 7.03. The molecule has 0 saturated carbocycles. The van der Waals surface area contributed by atoms with Crippen LogP contribution < -0.4 is 10.7 Å². The van der Waals surface area contributed by atoms with E-state index >= 15 is 0 Å². The standard InChI is InChI=1S/C10H12BrN3S/c1-10(12-9(15)14(2)13-10)7-5-3-4-6-8(7)11/h3-6,13H,1-2H3,(H,12,15)/t10-/m0/s1. The van der Waals surface area contributed by atoms with Gasteiger partial charge in [0.05, 0.1) is 0 Å². The highest BCUT2D eigenvalue weighted by atomic mass is 79.9. The van der Waals surface area contributed by atoms with Gasteiger partial charge in [0.1, 0.15) is 5.66 Å². The molecule has 1 heterocycles. The van der Waals surface area contributed by atoms with Crippen molar-refractivity contribution in [3.63, 3.8) is 0 Å². The van der Waals surface area contributed by atoms with Crippen LogP contribution in [-0.4, -0.2) is 17.2 Å². The Hall–Kier alpha value is -0.650. The van der Waals surface area contributed by atoms with E-state index in [-0.39, 0.29) is 5.66 Å². The van der Waals surface area contributed by atoms with Gasteiger partial charge in [-0.3, -0.25) is 5.01 Å². The summed E-state index contributed by atoms with van der Waals surface area (Å²) in [6, 6.07) is 8.08. The van der Waals surface area contributed by atoms with Crippen LogP contribution in [0.25, 0.3) is 0 Å². The number of rotatable bonds is 1. The number of hydrogen-bond acceptors (Lipinski definition) is 2. The van der Waals surface area contributed by atoms with Gasteiger partial charge in [0.15, 0.2) is 5.11 Å². The molecule has 2 rings (SSSR count). The molecule has 0 unspecified atom stereocenters. The van der Waals surface area contributed by atoms with Crippen molar-refractivity contribution in [3.8, 4) is 0 Å². The van der Waals surface area contributed by atoms with Crippen molar-refractivity contribution in [1.29, 1.82) is 0 Å². The summed E-state index contributed by atoms with van der Waals surface area (Å²) < 4.78 is 1.06. The van der Waals surface area contributed by atoms with Crippen LogP contribution in [0.1, 0.15) is 12.5 Å². The van der Waals surface area contributed by atoms with Crippen LogP contribution >= 0.6 is 28.1 Å². The van der Waals surface area contributed by atoms with Crippen molar-refractivity contribution < 1.29 is 0 Å². The maximum absolute atomic E-state index is 5.17. The van der Waals surface area contributed by atoms with Gasteiger partial charge in [-0.05, 0) is 25.2 Å². The summed E-state index contributed by atoms with van der Waals surface area (Å²) in [6.07, 6.45) is 0. The van der Waals surface area contributed by atoms with Crippen molar-refractivity contribution in [1.82, 2.24) is 15.8 Å². The van der Waals surface area contributed by atoms with E-state index in [4.69, 9.17) is 12.2 Å². The SMILES string of the molecule is CN1N[C@@](C)(c2ccccc2Br)NC1=S. The third-order valence-electron chi connectivity index (χ3n) is 2.47. The zero-order chi connectivity index (χ0) is 11.1. The lowest BCUT2D eigenvalue weighted by atomic mass is 10.0. The maximum atomic E-state index is 5.17. The predicted octanol–water partition coefficient (Wildman–Crippen LogP) is 1.95. The molecule has 0 amide bonds. The molecular formula is C10H12BrN3S. The third-order valence-corrected chi connectivity index (χ3v) is 3.53. The van der Waals surface area contributed by atoms with Crippen LogP contribution in [0.5, 0.6) is 0 Å². The first-order valence-electron chi connectivity index (χ1n) is 4.61. The summed E-state index contributed by atoms with van der Waals surface area (Å²) in [5.74, 6) is 0. The van der Waals surface area contributed by atoms with Crippen LogP contribution in [0.3, 0.4) is 0 Å². The molecule has 3 nitrogen and oxygen atoms in total. The fourth-order valence-corrected chi connectivity index (χ4v) is 2.64. The van der Waals surface area contributed by atoms with Gasteiger partial charge in [0.2, 0.25) is 0 Å². The van der Waals surface area contributed by atoms with Gasteiger partial charge < -0.3 is 5.32 Å². The molecule has 1 aromatic rings. The minimum absolute atomic E-state index is 0.341. The lowest BCUT2D eigenvalue weighted by molar-refractivity contribution is 0.265. The zero-order valence-electron chi connectivity index (χ0n) is 8.54. The summed E-state index contributed by atoms with van der Waals surface area (Å²) >= 11 is 8.71. The van der Waals surface area contributed by atoms with E-state index < -0.39 is 0 Å². The zero-order valence-corrected chi connectivity index (χ0v) is 10.9. The second kappa shape index (κ2) is 3.73. The normalized spacial score (nSPS) is 25.5. The van der Waals surface area contributed by atoms with Crippen LogP contribution in [-0.2, 0) is 5.66 Å². The molecular weight excluding hydrogens is 274 g/mol. The van der Waals surface area contributed by atoms with Crippen LogP contribution in [0, 0.1) is 0 Å². The number of nitrogens with one attached hydrogen (secondary N) is 2. The highest BCUT2D eigenvalue weighted by molar-refractivity contribution is 9.10. The van der Waals surface area contributed by atoms with Crippen molar-refractivity contribution in [3.05, 3.63) is 34.3 Å². The Kier molecular flexibility index (Phi) is 2.70. The van der Waals surface area contributed by atoms with E-state index in [1.807, 2.05) is 30.3 Å². The predicted molar refractivity (Wildman–Crippen MR) is 68.1 cm³/mol. The van der Waals surface area contributed by atoms with Crippen LogP contribution in [0.2, 0.25) is 0 Å². The second-order valence-electron chi connectivity index (χ2n) is 3.71. The third kappa shape index (κ3) is 1.87. The summed E-state index contributed by atoms with van der Waals surface area (Å²) in [5, 5.41) is 5.77. The molecule has 0 aliphatic carbocycles. The number of halogens is 1. The van der Waals surface area contributed by atoms with E-state index in [0.29, 0.717) is 5.11 Å². The van der Waals surface area contributed by atoms with Crippen molar-refractivity contribution in [2.45, 2.75) is 12.6 Å². The first-order valence-corrected chi connectivity index (χ1v) is 5.82. The number of benzene rings is 1. The summed E-state index contributed by atoms with van der Waals surface area (Å²) in [5.41, 5.74) is 4.08. The Bertz CT molecular complexity index is 409. The van der Waals surface area contributed by atoms with E-state index in [1.54, 1.807) is 0 Å². The Morgan fingerprint density at radius 1 is 1.40 bits per heavy atom. The first kappa shape index (κ1) is 10.9. The fourth-order valence-electron chi connectivity index (χ4n) is 1.71. The molecule has 15 heavy (non-hydrogen) atoms. The average molecular weight is 286 g/mol. The van der Waals surface area contributed by atoms with E-state index in [9.17, 15) is 0 Å². The number of hydrogen-bond donors (Lipinski definition) is 2.